The summed E-state index contributed by atoms with van der Waals surface area (Å²) in [6.07, 6.45) is 0.281. The van der Waals surface area contributed by atoms with Gasteiger partial charge < -0.3 is 23.4 Å². The Labute approximate surface area is 72.6 Å². The number of rotatable bonds is 7. The Morgan fingerprint density at radius 2 is 2.33 bits per heavy atom. The maximum Gasteiger partial charge on any atom is 0.329 e. The Bertz CT molecular complexity index is 119. The van der Waals surface area contributed by atoms with E-state index in [1.54, 1.807) is 0 Å². The van der Waals surface area contributed by atoms with Crippen LogP contribution < -0.4 is 0 Å². The first-order valence-corrected chi connectivity index (χ1v) is 4.81. The fourth-order valence-corrected chi connectivity index (χ4v) is 0.942. The molecule has 0 aromatic carbocycles. The highest BCUT2D eigenvalue weighted by Crippen LogP contribution is 2.30. The molecular weight excluding hydrogens is 183 g/mol. The van der Waals surface area contributed by atoms with Gasteiger partial charge in [0.05, 0.1) is 26.4 Å². The summed E-state index contributed by atoms with van der Waals surface area (Å²) in [5, 5.41) is 0. The molecule has 1 rings (SSSR count). The molecule has 1 aliphatic rings. The van der Waals surface area contributed by atoms with Gasteiger partial charge in [0, 0.05) is 7.11 Å². The molecule has 0 bridgehead atoms. The molecule has 2 unspecified atom stereocenters. The van der Waals surface area contributed by atoms with Crippen molar-refractivity contribution in [3.05, 3.63) is 0 Å². The van der Waals surface area contributed by atoms with E-state index < -0.39 is 8.60 Å². The van der Waals surface area contributed by atoms with Gasteiger partial charge in [0.15, 0.2) is 0 Å². The zero-order valence-electron chi connectivity index (χ0n) is 6.93. The first-order chi connectivity index (χ1) is 5.83. The van der Waals surface area contributed by atoms with E-state index in [4.69, 9.17) is 18.9 Å². The van der Waals surface area contributed by atoms with Crippen LogP contribution in [0.1, 0.15) is 0 Å². The maximum atomic E-state index is 8.82. The molecule has 72 valence electrons. The lowest BCUT2D eigenvalue weighted by Gasteiger charge is -2.06. The highest BCUT2D eigenvalue weighted by Gasteiger charge is 2.22. The molecule has 1 fully saturated rings. The molecule has 0 aliphatic carbocycles. The summed E-state index contributed by atoms with van der Waals surface area (Å²) in [6, 6.07) is 0. The van der Waals surface area contributed by atoms with Crippen LogP contribution in [0.5, 0.6) is 0 Å². The molecule has 1 heterocycles. The lowest BCUT2D eigenvalue weighted by atomic mass is 10.5. The van der Waals surface area contributed by atoms with Gasteiger partial charge >= 0.3 is 8.60 Å². The molecule has 1 N–H and O–H groups in total. The largest absolute Gasteiger partial charge is 0.376 e. The molecule has 0 saturated carbocycles. The summed E-state index contributed by atoms with van der Waals surface area (Å²) in [6.45, 7) is 2.22. The summed E-state index contributed by atoms with van der Waals surface area (Å²) in [5.74, 6) is 0. The van der Waals surface area contributed by atoms with Gasteiger partial charge in [-0.2, -0.15) is 0 Å². The smallest absolute Gasteiger partial charge is 0.329 e. The molecule has 6 heteroatoms. The standard InChI is InChI=1S/C6H13O5P/c1-8-12(7)11-3-2-9-4-6-5-10-6/h6-7H,2-5H2,1H3. The van der Waals surface area contributed by atoms with Crippen LogP contribution in [0.3, 0.4) is 0 Å². The number of hydrogen-bond donors (Lipinski definition) is 1. The molecule has 0 aromatic rings. The van der Waals surface area contributed by atoms with E-state index in [0.29, 0.717) is 19.8 Å². The van der Waals surface area contributed by atoms with E-state index in [0.717, 1.165) is 6.61 Å². The Kier molecular flexibility index (Phi) is 4.99. The molecule has 0 radical (unpaired) electrons. The normalized spacial score (nSPS) is 24.0. The lowest BCUT2D eigenvalue weighted by molar-refractivity contribution is 0.0818. The summed E-state index contributed by atoms with van der Waals surface area (Å²) in [4.78, 5) is 8.82. The maximum absolute atomic E-state index is 8.82. The van der Waals surface area contributed by atoms with Crippen molar-refractivity contribution in [2.75, 3.05) is 33.5 Å². The Hall–Kier alpha value is 0.230. The van der Waals surface area contributed by atoms with Gasteiger partial charge in [0.1, 0.15) is 6.10 Å². The predicted molar refractivity (Wildman–Crippen MR) is 42.7 cm³/mol. The fourth-order valence-electron chi connectivity index (χ4n) is 0.606. The average Bonchev–Trinajstić information content (AvgIpc) is 2.87. The molecule has 0 amide bonds. The van der Waals surface area contributed by atoms with Crippen LogP contribution in [0.4, 0.5) is 0 Å². The van der Waals surface area contributed by atoms with Crippen LogP contribution in [0.2, 0.25) is 0 Å². The van der Waals surface area contributed by atoms with Crippen molar-refractivity contribution in [2.24, 2.45) is 0 Å². The minimum Gasteiger partial charge on any atom is -0.376 e. The van der Waals surface area contributed by atoms with Crippen LogP contribution >= 0.6 is 8.60 Å². The van der Waals surface area contributed by atoms with E-state index in [1.165, 1.54) is 7.11 Å². The zero-order chi connectivity index (χ0) is 8.81. The summed E-state index contributed by atoms with van der Waals surface area (Å²) in [5.41, 5.74) is 0. The summed E-state index contributed by atoms with van der Waals surface area (Å²) < 4.78 is 19.4. The second kappa shape index (κ2) is 5.80. The highest BCUT2D eigenvalue weighted by molar-refractivity contribution is 7.40. The van der Waals surface area contributed by atoms with E-state index in [1.807, 2.05) is 0 Å². The minimum atomic E-state index is -1.71. The number of hydrogen-bond acceptors (Lipinski definition) is 5. The highest BCUT2D eigenvalue weighted by atomic mass is 31.2. The van der Waals surface area contributed by atoms with Gasteiger partial charge in [-0.15, -0.1) is 0 Å². The second-order valence-corrected chi connectivity index (χ2v) is 3.38. The van der Waals surface area contributed by atoms with Crippen molar-refractivity contribution in [1.82, 2.24) is 0 Å². The van der Waals surface area contributed by atoms with Crippen molar-refractivity contribution in [3.63, 3.8) is 0 Å². The van der Waals surface area contributed by atoms with E-state index in [2.05, 4.69) is 4.52 Å². The zero-order valence-corrected chi connectivity index (χ0v) is 7.83. The van der Waals surface area contributed by atoms with Crippen LogP contribution in [-0.4, -0.2) is 44.5 Å². The monoisotopic (exact) mass is 196 g/mol. The van der Waals surface area contributed by atoms with Crippen LogP contribution in [0.15, 0.2) is 0 Å². The van der Waals surface area contributed by atoms with Gasteiger partial charge in [0.2, 0.25) is 0 Å². The third-order valence-corrected chi connectivity index (χ3v) is 2.01. The van der Waals surface area contributed by atoms with Crippen molar-refractivity contribution >= 4 is 8.60 Å². The number of epoxide rings is 1. The summed E-state index contributed by atoms with van der Waals surface area (Å²) >= 11 is 0. The van der Waals surface area contributed by atoms with Crippen molar-refractivity contribution in [2.45, 2.75) is 6.10 Å². The van der Waals surface area contributed by atoms with Crippen LogP contribution in [0, 0.1) is 0 Å². The molecule has 5 nitrogen and oxygen atoms in total. The molecule has 2 atom stereocenters. The van der Waals surface area contributed by atoms with E-state index in [-0.39, 0.29) is 6.10 Å². The summed E-state index contributed by atoms with van der Waals surface area (Å²) in [7, 11) is -0.312. The average molecular weight is 196 g/mol. The lowest BCUT2D eigenvalue weighted by Crippen LogP contribution is -2.06. The first-order valence-electron chi connectivity index (χ1n) is 3.68. The third-order valence-electron chi connectivity index (χ3n) is 1.29. The SMILES string of the molecule is COP(O)OCCOCC1CO1. The van der Waals surface area contributed by atoms with Gasteiger partial charge in [-0.25, -0.2) is 0 Å². The molecule has 1 saturated heterocycles. The van der Waals surface area contributed by atoms with E-state index >= 15 is 0 Å². The van der Waals surface area contributed by atoms with Gasteiger partial charge in [-0.3, -0.25) is 0 Å². The van der Waals surface area contributed by atoms with Gasteiger partial charge in [-0.1, -0.05) is 0 Å². The molecule has 0 aromatic heterocycles. The Morgan fingerprint density at radius 3 is 2.92 bits per heavy atom. The van der Waals surface area contributed by atoms with Crippen molar-refractivity contribution in [1.29, 1.82) is 0 Å². The number of ether oxygens (including phenoxy) is 2. The molecule has 12 heavy (non-hydrogen) atoms. The Balaban J connectivity index is 1.75. The van der Waals surface area contributed by atoms with E-state index in [9.17, 15) is 0 Å². The van der Waals surface area contributed by atoms with Crippen molar-refractivity contribution in [3.8, 4) is 0 Å². The van der Waals surface area contributed by atoms with Crippen LogP contribution in [-0.2, 0) is 18.5 Å². The molecular formula is C6H13O5P. The third kappa shape index (κ3) is 4.98. The van der Waals surface area contributed by atoms with Crippen molar-refractivity contribution < 1.29 is 23.4 Å². The van der Waals surface area contributed by atoms with Crippen LogP contribution in [0.25, 0.3) is 0 Å². The Morgan fingerprint density at radius 1 is 1.58 bits per heavy atom. The molecule has 1 aliphatic heterocycles. The second-order valence-electron chi connectivity index (χ2n) is 2.28. The minimum absolute atomic E-state index is 0.281. The van der Waals surface area contributed by atoms with Gasteiger partial charge in [-0.05, 0) is 0 Å². The predicted octanol–water partition coefficient (Wildman–Crippen LogP) is 0.284. The quantitative estimate of drug-likeness (QED) is 0.360. The fraction of sp³-hybridized carbons (Fsp3) is 1.00. The van der Waals surface area contributed by atoms with Gasteiger partial charge in [0.25, 0.3) is 0 Å². The first kappa shape index (κ1) is 10.3. The topological polar surface area (TPSA) is 60.5 Å². The molecule has 0 spiro atoms.